The average molecular weight is 869 g/mol. The highest BCUT2D eigenvalue weighted by atomic mass is 16.6. The molecule has 342 valence electrons. The van der Waals surface area contributed by atoms with Crippen molar-refractivity contribution in [1.82, 2.24) is 0 Å². The molecule has 11 heteroatoms. The zero-order valence-corrected chi connectivity index (χ0v) is 39.2. The topological polar surface area (TPSA) is 90.9 Å². The highest BCUT2D eigenvalue weighted by molar-refractivity contribution is 5.69. The summed E-state index contributed by atoms with van der Waals surface area (Å²) < 4.78 is 48.9. The third kappa shape index (κ3) is 8.38. The van der Waals surface area contributed by atoms with Crippen LogP contribution in [-0.2, 0) is 38.9 Å². The number of unbranched alkanes of at least 4 members (excludes halogenated alkanes) is 6. The van der Waals surface area contributed by atoms with Gasteiger partial charge < -0.3 is 46.9 Å². The number of hydrogen-bond acceptors (Lipinski definition) is 9. The van der Waals surface area contributed by atoms with Crippen LogP contribution in [-0.4, -0.2) is 123 Å². The van der Waals surface area contributed by atoms with Crippen LogP contribution in [0.5, 0.6) is 34.5 Å². The molecule has 1 fully saturated rings. The monoisotopic (exact) mass is 869 g/mol. The minimum absolute atomic E-state index is 0.0711. The van der Waals surface area contributed by atoms with Gasteiger partial charge in [0.15, 0.2) is 34.5 Å². The van der Waals surface area contributed by atoms with Gasteiger partial charge in [-0.3, -0.25) is 4.79 Å². The predicted octanol–water partition coefficient (Wildman–Crippen LogP) is 8.36. The third-order valence-corrected chi connectivity index (χ3v) is 15.9. The fourth-order valence-corrected chi connectivity index (χ4v) is 12.3. The number of quaternary nitrogens is 2. The van der Waals surface area contributed by atoms with Gasteiger partial charge >= 0.3 is 5.97 Å². The molecule has 5 aliphatic rings. The molecule has 1 saturated heterocycles. The lowest BCUT2D eigenvalue weighted by atomic mass is 9.52. The molecule has 3 aliphatic heterocycles. The number of likely N-dealkylation sites (tertiary alicyclic amines) is 1. The molecule has 63 heavy (non-hydrogen) atoms. The Kier molecular flexibility index (Phi) is 13.6. The highest BCUT2D eigenvalue weighted by Gasteiger charge is 2.68. The van der Waals surface area contributed by atoms with Gasteiger partial charge in [-0.25, -0.2) is 0 Å². The number of piperidine rings is 1. The lowest BCUT2D eigenvalue weighted by molar-refractivity contribution is -0.943. The molecule has 3 aromatic carbocycles. The lowest BCUT2D eigenvalue weighted by Crippen LogP contribution is -2.71. The van der Waals surface area contributed by atoms with E-state index in [9.17, 15) is 4.79 Å². The van der Waals surface area contributed by atoms with Gasteiger partial charge in [0.05, 0.1) is 94.3 Å². The van der Waals surface area contributed by atoms with Crippen LogP contribution in [0.1, 0.15) is 91.6 Å². The van der Waals surface area contributed by atoms with Crippen LogP contribution in [0.25, 0.3) is 0 Å². The molecule has 3 aromatic rings. The number of carbonyl (C=O) groups excluding carboxylic acids is 1. The number of benzene rings is 3. The molecule has 2 aliphatic carbocycles. The number of carbonyl (C=O) groups is 1. The summed E-state index contributed by atoms with van der Waals surface area (Å²) in [6.07, 6.45) is 16.7. The van der Waals surface area contributed by atoms with Gasteiger partial charge in [0.2, 0.25) is 0 Å². The van der Waals surface area contributed by atoms with E-state index in [0.717, 1.165) is 115 Å². The minimum Gasteiger partial charge on any atom is -0.493 e. The second-order valence-corrected chi connectivity index (χ2v) is 19.2. The van der Waals surface area contributed by atoms with Crippen molar-refractivity contribution in [3.8, 4) is 34.5 Å². The summed E-state index contributed by atoms with van der Waals surface area (Å²) in [5.41, 5.74) is 6.48. The molecule has 8 atom stereocenters. The first-order valence-corrected chi connectivity index (χ1v) is 23.4. The van der Waals surface area contributed by atoms with E-state index in [0.29, 0.717) is 25.0 Å². The standard InChI is InChI=1S/C52H72N2O9/c1-53(26-22-36-33-46(60-7)47(61-8)34-38(36)40(53)30-35-16-19-42(56-3)45(31-35)59-6)25-14-12-10-9-11-13-15-29-62-48(55)23-27-54(2)28-24-52-39-18-21-44(58-5)51(52)63-50-43(57-4)20-17-37(49(50)52)32-41(39)54/h16-21,31,33-34,39-41,44,51H,9-15,22-30,32H2,1-8H3/q+2/t39-,40+,41+,44-,51-,52-,53?,54?/m0/s1. The first-order valence-electron chi connectivity index (χ1n) is 23.4. The second-order valence-electron chi connectivity index (χ2n) is 19.2. The van der Waals surface area contributed by atoms with Crippen LogP contribution >= 0.6 is 0 Å². The van der Waals surface area contributed by atoms with Crippen molar-refractivity contribution in [2.75, 3.05) is 89.5 Å². The zero-order chi connectivity index (χ0) is 44.4. The summed E-state index contributed by atoms with van der Waals surface area (Å²) in [7, 11) is 15.1. The average Bonchev–Trinajstić information content (AvgIpc) is 3.66. The molecular formula is C52H72N2O9+2. The lowest BCUT2D eigenvalue weighted by Gasteiger charge is -2.60. The van der Waals surface area contributed by atoms with Gasteiger partial charge in [-0.05, 0) is 66.3 Å². The summed E-state index contributed by atoms with van der Waals surface area (Å²) in [6, 6.07) is 15.6. The van der Waals surface area contributed by atoms with Crippen molar-refractivity contribution >= 4 is 5.97 Å². The van der Waals surface area contributed by atoms with E-state index in [4.69, 9.17) is 37.9 Å². The van der Waals surface area contributed by atoms with Crippen LogP contribution in [0.15, 0.2) is 54.6 Å². The van der Waals surface area contributed by atoms with E-state index in [1.165, 1.54) is 53.5 Å². The van der Waals surface area contributed by atoms with Gasteiger partial charge in [-0.2, -0.15) is 0 Å². The molecule has 0 saturated carbocycles. The van der Waals surface area contributed by atoms with E-state index in [-0.39, 0.29) is 29.6 Å². The third-order valence-electron chi connectivity index (χ3n) is 15.9. The number of nitrogens with zero attached hydrogens (tertiary/aromatic N) is 2. The molecule has 0 aromatic heterocycles. The number of esters is 1. The van der Waals surface area contributed by atoms with E-state index in [1.807, 2.05) is 6.07 Å². The van der Waals surface area contributed by atoms with Crippen LogP contribution in [0, 0.1) is 5.92 Å². The van der Waals surface area contributed by atoms with Crippen molar-refractivity contribution < 1.29 is 51.7 Å². The van der Waals surface area contributed by atoms with Gasteiger partial charge in [0.1, 0.15) is 24.3 Å². The van der Waals surface area contributed by atoms with Crippen LogP contribution in [0.2, 0.25) is 0 Å². The number of ether oxygens (including phenoxy) is 8. The molecule has 2 unspecified atom stereocenters. The van der Waals surface area contributed by atoms with E-state index in [1.54, 1.807) is 42.7 Å². The first-order chi connectivity index (χ1) is 30.6. The summed E-state index contributed by atoms with van der Waals surface area (Å²) in [5.74, 6) is 5.04. The number of methoxy groups -OCH3 is 6. The van der Waals surface area contributed by atoms with E-state index >= 15 is 0 Å². The first kappa shape index (κ1) is 45.1. The molecule has 11 nitrogen and oxygen atoms in total. The minimum atomic E-state index is -0.128. The number of rotatable bonds is 21. The normalized spacial score (nSPS) is 28.3. The molecule has 0 radical (unpaired) electrons. The van der Waals surface area contributed by atoms with Crippen LogP contribution in [0.3, 0.4) is 0 Å². The SMILES string of the molecule is COc1ccc(C[C@@H]2c3cc(OC)c(OC)cc3CC[N+]2(C)CCCCCCCCCOC(=O)CC[N+]2(C)CC[C@]34c5c6ccc(OC)c5O[C@H]3[C@@H](OC)C=C[C@H]4[C@H]2C6)cc1OC. The largest absolute Gasteiger partial charge is 0.493 e. The highest BCUT2D eigenvalue weighted by Crippen LogP contribution is 2.63. The van der Waals surface area contributed by atoms with Gasteiger partial charge in [-0.15, -0.1) is 0 Å². The Labute approximate surface area is 375 Å². The fourth-order valence-electron chi connectivity index (χ4n) is 12.3. The quantitative estimate of drug-likeness (QED) is 0.0454. The molecule has 0 amide bonds. The second kappa shape index (κ2) is 18.9. The maximum Gasteiger partial charge on any atom is 0.311 e. The van der Waals surface area contributed by atoms with Crippen molar-refractivity contribution in [2.45, 2.75) is 107 Å². The molecule has 8 rings (SSSR count). The molecule has 0 N–H and O–H groups in total. The fraction of sp³-hybridized carbons (Fsp3) is 0.596. The van der Waals surface area contributed by atoms with Gasteiger partial charge in [0.25, 0.3) is 0 Å². The molecular weight excluding hydrogens is 797 g/mol. The molecule has 1 spiro atoms. The van der Waals surface area contributed by atoms with Crippen molar-refractivity contribution in [1.29, 1.82) is 0 Å². The Morgan fingerprint density at radius 2 is 1.40 bits per heavy atom. The Morgan fingerprint density at radius 1 is 0.714 bits per heavy atom. The Balaban J connectivity index is 0.780. The number of hydrogen-bond donors (Lipinski definition) is 0. The summed E-state index contributed by atoms with van der Waals surface area (Å²) in [6.45, 7) is 4.47. The summed E-state index contributed by atoms with van der Waals surface area (Å²) in [5, 5.41) is 0. The van der Waals surface area contributed by atoms with Crippen molar-refractivity contribution in [2.24, 2.45) is 5.92 Å². The van der Waals surface area contributed by atoms with E-state index < -0.39 is 0 Å². The summed E-state index contributed by atoms with van der Waals surface area (Å²) >= 11 is 0. The van der Waals surface area contributed by atoms with Crippen molar-refractivity contribution in [3.63, 3.8) is 0 Å². The maximum absolute atomic E-state index is 13.1. The molecule has 2 bridgehead atoms. The Hall–Kier alpha value is -4.45. The van der Waals surface area contributed by atoms with Gasteiger partial charge in [-0.1, -0.05) is 50.0 Å². The van der Waals surface area contributed by atoms with Crippen LogP contribution < -0.4 is 28.4 Å². The molecule has 3 heterocycles. The zero-order valence-electron chi connectivity index (χ0n) is 39.2. The maximum atomic E-state index is 13.1. The van der Waals surface area contributed by atoms with E-state index in [2.05, 4.69) is 62.6 Å². The van der Waals surface area contributed by atoms with Crippen molar-refractivity contribution in [3.05, 3.63) is 82.4 Å². The smallest absolute Gasteiger partial charge is 0.311 e. The Bertz CT molecular complexity index is 2140. The number of fused-ring (bicyclic) bond motifs is 1. The predicted molar refractivity (Wildman–Crippen MR) is 244 cm³/mol. The number of likely N-dealkylation sites (N-methyl/N-ethyl adjacent to an activating group) is 2. The Morgan fingerprint density at radius 3 is 2.13 bits per heavy atom. The summed E-state index contributed by atoms with van der Waals surface area (Å²) in [4.78, 5) is 13.1. The van der Waals surface area contributed by atoms with Crippen LogP contribution in [0.4, 0.5) is 0 Å². The van der Waals surface area contributed by atoms with Gasteiger partial charge in [0, 0.05) is 49.8 Å².